The maximum Gasteiger partial charge on any atom is 0.119 e. The first kappa shape index (κ1) is 11.8. The summed E-state index contributed by atoms with van der Waals surface area (Å²) in [7, 11) is 0. The second-order valence-corrected chi connectivity index (χ2v) is 5.50. The van der Waals surface area contributed by atoms with E-state index in [2.05, 4.69) is 11.6 Å². The number of benzene rings is 1. The van der Waals surface area contributed by atoms with Crippen molar-refractivity contribution in [3.8, 4) is 5.75 Å². The second kappa shape index (κ2) is 5.60. The molecule has 0 atom stereocenters. The van der Waals surface area contributed by atoms with Crippen LogP contribution in [-0.4, -0.2) is 30.7 Å². The summed E-state index contributed by atoms with van der Waals surface area (Å²) in [6.45, 7) is 2.79. The van der Waals surface area contributed by atoms with Crippen LogP contribution in [-0.2, 0) is 0 Å². The zero-order valence-corrected chi connectivity index (χ0v) is 10.6. The van der Waals surface area contributed by atoms with Gasteiger partial charge in [0, 0.05) is 17.8 Å². The number of ether oxygens (including phenoxy) is 1. The van der Waals surface area contributed by atoms with Gasteiger partial charge in [0.15, 0.2) is 0 Å². The third-order valence-electron chi connectivity index (χ3n) is 2.98. The molecule has 0 amide bonds. The summed E-state index contributed by atoms with van der Waals surface area (Å²) < 4.78 is 6.15. The molecule has 1 fully saturated rings. The lowest BCUT2D eigenvalue weighted by atomic mass is 10.3. The van der Waals surface area contributed by atoms with E-state index in [9.17, 15) is 0 Å². The van der Waals surface area contributed by atoms with Crippen LogP contribution in [0.2, 0.25) is 0 Å². The molecule has 0 saturated heterocycles. The lowest BCUT2D eigenvalue weighted by molar-refractivity contribution is 0.314. The molecule has 0 heterocycles. The molecule has 88 valence electrons. The van der Waals surface area contributed by atoms with Crippen LogP contribution in [0.25, 0.3) is 0 Å². The summed E-state index contributed by atoms with van der Waals surface area (Å²) in [5.74, 6) is 0.954. The molecule has 16 heavy (non-hydrogen) atoms. The van der Waals surface area contributed by atoms with Crippen molar-refractivity contribution in [3.05, 3.63) is 30.3 Å². The minimum absolute atomic E-state index is 0.548. The maximum absolute atomic E-state index is 5.61. The largest absolute Gasteiger partial charge is 0.492 e. The van der Waals surface area contributed by atoms with Crippen LogP contribution in [0.15, 0.2) is 30.3 Å². The summed E-state index contributed by atoms with van der Waals surface area (Å²) >= 11 is 1.99. The Labute approximate surface area is 102 Å². The van der Waals surface area contributed by atoms with Crippen LogP contribution < -0.4 is 10.1 Å². The predicted molar refractivity (Wildman–Crippen MR) is 70.3 cm³/mol. The predicted octanol–water partition coefficient (Wildman–Crippen LogP) is 2.55. The topological polar surface area (TPSA) is 21.3 Å². The van der Waals surface area contributed by atoms with E-state index in [1.807, 2.05) is 42.1 Å². The standard InChI is InChI=1S/C13H19NOS/c1-16-13(7-8-13)11-14-9-10-15-12-5-3-2-4-6-12/h2-6,14H,7-11H2,1H3. The highest BCUT2D eigenvalue weighted by Crippen LogP contribution is 2.46. The summed E-state index contributed by atoms with van der Waals surface area (Å²) in [5.41, 5.74) is 0. The Balaban J connectivity index is 1.56. The average molecular weight is 237 g/mol. The number of hydrogen-bond acceptors (Lipinski definition) is 3. The van der Waals surface area contributed by atoms with E-state index in [1.54, 1.807) is 0 Å². The summed E-state index contributed by atoms with van der Waals surface area (Å²) in [4.78, 5) is 0. The Morgan fingerprint density at radius 2 is 2.06 bits per heavy atom. The van der Waals surface area contributed by atoms with E-state index in [0.29, 0.717) is 4.75 Å². The third-order valence-corrected chi connectivity index (χ3v) is 4.40. The lowest BCUT2D eigenvalue weighted by Crippen LogP contribution is -2.29. The smallest absolute Gasteiger partial charge is 0.119 e. The molecule has 3 heteroatoms. The molecule has 0 bridgehead atoms. The van der Waals surface area contributed by atoms with Crippen molar-refractivity contribution in [3.63, 3.8) is 0 Å². The molecule has 1 N–H and O–H groups in total. The Hall–Kier alpha value is -0.670. The average Bonchev–Trinajstić information content (AvgIpc) is 3.11. The van der Waals surface area contributed by atoms with Gasteiger partial charge >= 0.3 is 0 Å². The van der Waals surface area contributed by atoms with Gasteiger partial charge in [-0.05, 0) is 31.2 Å². The molecular weight excluding hydrogens is 218 g/mol. The van der Waals surface area contributed by atoms with Crippen molar-refractivity contribution in [1.29, 1.82) is 0 Å². The van der Waals surface area contributed by atoms with Crippen LogP contribution in [0.5, 0.6) is 5.75 Å². The van der Waals surface area contributed by atoms with Crippen molar-refractivity contribution in [2.45, 2.75) is 17.6 Å². The van der Waals surface area contributed by atoms with Gasteiger partial charge in [0.05, 0.1) is 0 Å². The van der Waals surface area contributed by atoms with Crippen molar-refractivity contribution in [2.24, 2.45) is 0 Å². The van der Waals surface area contributed by atoms with Gasteiger partial charge < -0.3 is 10.1 Å². The number of nitrogens with one attached hydrogen (secondary N) is 1. The molecular formula is C13H19NOS. The zero-order valence-electron chi connectivity index (χ0n) is 9.74. The Bertz CT molecular complexity index is 311. The van der Waals surface area contributed by atoms with Gasteiger partial charge in [-0.1, -0.05) is 18.2 Å². The fourth-order valence-electron chi connectivity index (χ4n) is 1.67. The molecule has 0 radical (unpaired) electrons. The first-order valence-electron chi connectivity index (χ1n) is 5.78. The van der Waals surface area contributed by atoms with Crippen molar-refractivity contribution in [2.75, 3.05) is 26.0 Å². The molecule has 2 rings (SSSR count). The van der Waals surface area contributed by atoms with Crippen LogP contribution in [0, 0.1) is 0 Å². The highest BCUT2D eigenvalue weighted by molar-refractivity contribution is 8.00. The monoisotopic (exact) mass is 237 g/mol. The minimum atomic E-state index is 0.548. The van der Waals surface area contributed by atoms with Crippen LogP contribution in [0.4, 0.5) is 0 Å². The number of para-hydroxylation sites is 1. The summed E-state index contributed by atoms with van der Waals surface area (Å²) in [5, 5.41) is 3.46. The van der Waals surface area contributed by atoms with E-state index < -0.39 is 0 Å². The van der Waals surface area contributed by atoms with Crippen molar-refractivity contribution in [1.82, 2.24) is 5.32 Å². The van der Waals surface area contributed by atoms with E-state index in [1.165, 1.54) is 12.8 Å². The molecule has 1 saturated carbocycles. The fraction of sp³-hybridized carbons (Fsp3) is 0.538. The quantitative estimate of drug-likeness (QED) is 0.736. The number of thioether (sulfide) groups is 1. The van der Waals surface area contributed by atoms with Crippen molar-refractivity contribution < 1.29 is 4.74 Å². The van der Waals surface area contributed by atoms with Crippen LogP contribution in [0.3, 0.4) is 0 Å². The maximum atomic E-state index is 5.61. The zero-order chi connectivity index (χ0) is 11.3. The lowest BCUT2D eigenvalue weighted by Gasteiger charge is -2.13. The van der Waals surface area contributed by atoms with E-state index >= 15 is 0 Å². The van der Waals surface area contributed by atoms with Crippen molar-refractivity contribution >= 4 is 11.8 Å². The first-order chi connectivity index (χ1) is 7.85. The summed E-state index contributed by atoms with van der Waals surface area (Å²) in [6, 6.07) is 9.97. The summed E-state index contributed by atoms with van der Waals surface area (Å²) in [6.07, 6.45) is 4.93. The van der Waals surface area contributed by atoms with Crippen LogP contribution in [0.1, 0.15) is 12.8 Å². The van der Waals surface area contributed by atoms with Gasteiger partial charge in [0.2, 0.25) is 0 Å². The molecule has 1 aromatic rings. The normalized spacial score (nSPS) is 17.1. The number of hydrogen-bond donors (Lipinski definition) is 1. The van der Waals surface area contributed by atoms with Gasteiger partial charge in [-0.2, -0.15) is 11.8 Å². The minimum Gasteiger partial charge on any atom is -0.492 e. The SMILES string of the molecule is CSC1(CNCCOc2ccccc2)CC1. The molecule has 1 aromatic carbocycles. The Morgan fingerprint density at radius 3 is 2.69 bits per heavy atom. The Morgan fingerprint density at radius 1 is 1.31 bits per heavy atom. The molecule has 0 aromatic heterocycles. The molecule has 0 aliphatic heterocycles. The van der Waals surface area contributed by atoms with Crippen LogP contribution >= 0.6 is 11.8 Å². The second-order valence-electron chi connectivity index (χ2n) is 4.23. The molecule has 1 aliphatic carbocycles. The number of rotatable bonds is 7. The van der Waals surface area contributed by atoms with E-state index in [0.717, 1.165) is 25.4 Å². The van der Waals surface area contributed by atoms with Gasteiger partial charge in [0.1, 0.15) is 12.4 Å². The Kier molecular flexibility index (Phi) is 4.13. The van der Waals surface area contributed by atoms with Gasteiger partial charge in [-0.3, -0.25) is 0 Å². The van der Waals surface area contributed by atoms with E-state index in [-0.39, 0.29) is 0 Å². The van der Waals surface area contributed by atoms with E-state index in [4.69, 9.17) is 4.74 Å². The van der Waals surface area contributed by atoms with Gasteiger partial charge in [-0.25, -0.2) is 0 Å². The molecule has 1 aliphatic rings. The first-order valence-corrected chi connectivity index (χ1v) is 7.01. The molecule has 2 nitrogen and oxygen atoms in total. The highest BCUT2D eigenvalue weighted by Gasteiger charge is 2.41. The highest BCUT2D eigenvalue weighted by atomic mass is 32.2. The fourth-order valence-corrected chi connectivity index (χ4v) is 2.42. The van der Waals surface area contributed by atoms with Gasteiger partial charge in [0.25, 0.3) is 0 Å². The van der Waals surface area contributed by atoms with Gasteiger partial charge in [-0.15, -0.1) is 0 Å². The molecule has 0 spiro atoms. The third kappa shape index (κ3) is 3.42. The molecule has 0 unspecified atom stereocenters.